The van der Waals surface area contributed by atoms with Crippen LogP contribution >= 0.6 is 15.9 Å². The Kier molecular flexibility index (Phi) is 6.01. The lowest BCUT2D eigenvalue weighted by Gasteiger charge is -2.26. The highest BCUT2D eigenvalue weighted by Gasteiger charge is 2.34. The van der Waals surface area contributed by atoms with Crippen molar-refractivity contribution in [2.75, 3.05) is 39.3 Å². The van der Waals surface area contributed by atoms with E-state index in [-0.39, 0.29) is 6.04 Å². The molecule has 2 unspecified atom stereocenters. The van der Waals surface area contributed by atoms with E-state index in [9.17, 15) is 5.11 Å². The average Bonchev–Trinajstić information content (AvgIpc) is 3.04. The predicted molar refractivity (Wildman–Crippen MR) is 105 cm³/mol. The van der Waals surface area contributed by atoms with Crippen molar-refractivity contribution in [2.45, 2.75) is 18.7 Å². The maximum atomic E-state index is 10.5. The summed E-state index contributed by atoms with van der Waals surface area (Å²) in [6, 6.07) is 9.87. The first-order valence-corrected chi connectivity index (χ1v) is 9.27. The molecule has 2 heterocycles. The highest BCUT2D eigenvalue weighted by molar-refractivity contribution is 9.10. The number of benzene rings is 1. The molecule has 1 N–H and O–H groups in total. The van der Waals surface area contributed by atoms with Gasteiger partial charge in [-0.05, 0) is 52.8 Å². The summed E-state index contributed by atoms with van der Waals surface area (Å²) in [5.41, 5.74) is 1.11. The third kappa shape index (κ3) is 4.11. The second-order valence-electron chi connectivity index (χ2n) is 6.48. The quantitative estimate of drug-likeness (QED) is 0.773. The molecular formula is C19H24BrN3O3. The lowest BCUT2D eigenvalue weighted by Crippen LogP contribution is -2.40. The average molecular weight is 422 g/mol. The van der Waals surface area contributed by atoms with E-state index in [0.717, 1.165) is 22.4 Å². The van der Waals surface area contributed by atoms with Crippen molar-refractivity contribution in [3.05, 3.63) is 46.6 Å². The number of hydrogen-bond donors (Lipinski definition) is 1. The molecule has 3 rings (SSSR count). The fourth-order valence-corrected chi connectivity index (χ4v) is 3.56. The van der Waals surface area contributed by atoms with Gasteiger partial charge in [-0.2, -0.15) is 0 Å². The third-order valence-corrected chi connectivity index (χ3v) is 5.21. The molecule has 140 valence electrons. The van der Waals surface area contributed by atoms with Crippen LogP contribution in [-0.4, -0.2) is 61.5 Å². The number of likely N-dealkylation sites (N-methyl/N-ethyl adjacent to an activating group) is 1. The molecule has 0 amide bonds. The van der Waals surface area contributed by atoms with Gasteiger partial charge in [-0.1, -0.05) is 6.07 Å². The molecule has 1 saturated heterocycles. The van der Waals surface area contributed by atoms with Crippen molar-refractivity contribution in [1.29, 1.82) is 0 Å². The SMILES string of the molecule is COc1ccc(CN(C)C2CN(c3ccc(Br)cn3)CC2O)cc1OC. The molecule has 7 heteroatoms. The van der Waals surface area contributed by atoms with Crippen LogP contribution in [0.3, 0.4) is 0 Å². The fraction of sp³-hybridized carbons (Fsp3) is 0.421. The van der Waals surface area contributed by atoms with E-state index < -0.39 is 6.10 Å². The second kappa shape index (κ2) is 8.24. The van der Waals surface area contributed by atoms with Gasteiger partial charge in [-0.15, -0.1) is 0 Å². The third-order valence-electron chi connectivity index (χ3n) is 4.74. The number of rotatable bonds is 6. The Morgan fingerprint density at radius 2 is 1.96 bits per heavy atom. The Balaban J connectivity index is 1.68. The number of hydrogen-bond acceptors (Lipinski definition) is 6. The predicted octanol–water partition coefficient (Wildman–Crippen LogP) is 2.54. The summed E-state index contributed by atoms with van der Waals surface area (Å²) >= 11 is 3.40. The normalized spacial score (nSPS) is 19.8. The standard InChI is InChI=1S/C19H24BrN3O3/c1-22(10-13-4-6-17(25-2)18(8-13)26-3)15-11-23(12-16(15)24)19-7-5-14(20)9-21-19/h4-9,15-16,24H,10-12H2,1-3H3. The topological polar surface area (TPSA) is 58.1 Å². The highest BCUT2D eigenvalue weighted by Crippen LogP contribution is 2.29. The minimum atomic E-state index is -0.425. The van der Waals surface area contributed by atoms with Gasteiger partial charge in [0.15, 0.2) is 11.5 Å². The first kappa shape index (κ1) is 18.9. The number of pyridine rings is 1. The van der Waals surface area contributed by atoms with Gasteiger partial charge in [0.05, 0.1) is 26.4 Å². The van der Waals surface area contributed by atoms with Crippen LogP contribution in [0.5, 0.6) is 11.5 Å². The highest BCUT2D eigenvalue weighted by atomic mass is 79.9. The van der Waals surface area contributed by atoms with Crippen molar-refractivity contribution in [1.82, 2.24) is 9.88 Å². The number of ether oxygens (including phenoxy) is 2. The van der Waals surface area contributed by atoms with Crippen molar-refractivity contribution in [3.8, 4) is 11.5 Å². The van der Waals surface area contributed by atoms with Crippen LogP contribution in [0.1, 0.15) is 5.56 Å². The van der Waals surface area contributed by atoms with Gasteiger partial charge >= 0.3 is 0 Å². The summed E-state index contributed by atoms with van der Waals surface area (Å²) in [6.07, 6.45) is 1.35. The minimum absolute atomic E-state index is 0.0357. The van der Waals surface area contributed by atoms with Crippen LogP contribution < -0.4 is 14.4 Å². The van der Waals surface area contributed by atoms with E-state index in [1.165, 1.54) is 0 Å². The smallest absolute Gasteiger partial charge is 0.161 e. The second-order valence-corrected chi connectivity index (χ2v) is 7.39. The van der Waals surface area contributed by atoms with Crippen LogP contribution in [0.4, 0.5) is 5.82 Å². The Labute approximate surface area is 162 Å². The zero-order valence-corrected chi connectivity index (χ0v) is 16.8. The molecule has 0 saturated carbocycles. The molecule has 1 fully saturated rings. The zero-order chi connectivity index (χ0) is 18.7. The van der Waals surface area contributed by atoms with E-state index >= 15 is 0 Å². The van der Waals surface area contributed by atoms with Crippen LogP contribution in [0.2, 0.25) is 0 Å². The maximum absolute atomic E-state index is 10.5. The molecule has 2 atom stereocenters. The van der Waals surface area contributed by atoms with Crippen LogP contribution in [-0.2, 0) is 6.54 Å². The van der Waals surface area contributed by atoms with E-state index in [1.807, 2.05) is 37.4 Å². The molecule has 1 aliphatic heterocycles. The summed E-state index contributed by atoms with van der Waals surface area (Å²) in [4.78, 5) is 8.72. The van der Waals surface area contributed by atoms with Gasteiger partial charge < -0.3 is 19.5 Å². The molecule has 0 aliphatic carbocycles. The fourth-order valence-electron chi connectivity index (χ4n) is 3.33. The number of aliphatic hydroxyl groups excluding tert-OH is 1. The van der Waals surface area contributed by atoms with Crippen molar-refractivity contribution < 1.29 is 14.6 Å². The first-order valence-electron chi connectivity index (χ1n) is 8.47. The lowest BCUT2D eigenvalue weighted by atomic mass is 10.1. The van der Waals surface area contributed by atoms with Gasteiger partial charge in [0, 0.05) is 30.3 Å². The van der Waals surface area contributed by atoms with Gasteiger partial charge in [-0.25, -0.2) is 4.98 Å². The molecule has 6 nitrogen and oxygen atoms in total. The molecule has 26 heavy (non-hydrogen) atoms. The summed E-state index contributed by atoms with van der Waals surface area (Å²) < 4.78 is 11.6. The largest absolute Gasteiger partial charge is 0.493 e. The van der Waals surface area contributed by atoms with E-state index in [1.54, 1.807) is 20.4 Å². The molecule has 0 radical (unpaired) electrons. The Morgan fingerprint density at radius 1 is 1.19 bits per heavy atom. The van der Waals surface area contributed by atoms with Crippen molar-refractivity contribution in [3.63, 3.8) is 0 Å². The van der Waals surface area contributed by atoms with Crippen LogP contribution in [0.25, 0.3) is 0 Å². The van der Waals surface area contributed by atoms with E-state index in [2.05, 4.69) is 30.7 Å². The molecule has 1 aromatic carbocycles. The summed E-state index contributed by atoms with van der Waals surface area (Å²) in [6.45, 7) is 2.03. The van der Waals surface area contributed by atoms with Crippen molar-refractivity contribution >= 4 is 21.7 Å². The Morgan fingerprint density at radius 3 is 2.62 bits per heavy atom. The number of anilines is 1. The molecule has 1 aliphatic rings. The number of aliphatic hydroxyl groups is 1. The zero-order valence-electron chi connectivity index (χ0n) is 15.2. The Bertz CT molecular complexity index is 741. The minimum Gasteiger partial charge on any atom is -0.493 e. The number of nitrogens with zero attached hydrogens (tertiary/aromatic N) is 3. The molecule has 0 spiro atoms. The summed E-state index contributed by atoms with van der Waals surface area (Å²) in [5.74, 6) is 2.31. The lowest BCUT2D eigenvalue weighted by molar-refractivity contribution is 0.0956. The number of β-amino-alcohol motifs (C(OH)–C–C–N with tert-alkyl or cyclic N) is 1. The van der Waals surface area contributed by atoms with Gasteiger partial charge in [-0.3, -0.25) is 4.90 Å². The monoisotopic (exact) mass is 421 g/mol. The van der Waals surface area contributed by atoms with Crippen LogP contribution in [0.15, 0.2) is 41.0 Å². The van der Waals surface area contributed by atoms with E-state index in [0.29, 0.717) is 24.6 Å². The number of halogens is 1. The van der Waals surface area contributed by atoms with Gasteiger partial charge in [0.2, 0.25) is 0 Å². The summed E-state index contributed by atoms with van der Waals surface area (Å²) in [5, 5.41) is 10.5. The molecule has 2 aromatic rings. The van der Waals surface area contributed by atoms with Crippen LogP contribution in [0, 0.1) is 0 Å². The number of aromatic nitrogens is 1. The number of methoxy groups -OCH3 is 2. The van der Waals surface area contributed by atoms with Gasteiger partial charge in [0.25, 0.3) is 0 Å². The van der Waals surface area contributed by atoms with E-state index in [4.69, 9.17) is 9.47 Å². The van der Waals surface area contributed by atoms with Crippen molar-refractivity contribution in [2.24, 2.45) is 0 Å². The molecule has 1 aromatic heterocycles. The molecular weight excluding hydrogens is 398 g/mol. The Hall–Kier alpha value is -1.83. The molecule has 0 bridgehead atoms. The first-order chi connectivity index (χ1) is 12.5. The maximum Gasteiger partial charge on any atom is 0.161 e. The van der Waals surface area contributed by atoms with Gasteiger partial charge in [0.1, 0.15) is 5.82 Å². The summed E-state index contributed by atoms with van der Waals surface area (Å²) in [7, 11) is 5.29.